The summed E-state index contributed by atoms with van der Waals surface area (Å²) in [5.74, 6) is -0.534. The first-order chi connectivity index (χ1) is 7.97. The number of alkyl halides is 3. The summed E-state index contributed by atoms with van der Waals surface area (Å²) in [7, 11) is 0. The van der Waals surface area contributed by atoms with E-state index in [4.69, 9.17) is 0 Å². The fourth-order valence-electron chi connectivity index (χ4n) is 1.81. The Balaban J connectivity index is 2.08. The van der Waals surface area contributed by atoms with Gasteiger partial charge in [0.15, 0.2) is 0 Å². The molecule has 92 valence electrons. The van der Waals surface area contributed by atoms with Crippen LogP contribution in [0.4, 0.5) is 13.2 Å². The summed E-state index contributed by atoms with van der Waals surface area (Å²) >= 11 is 0. The van der Waals surface area contributed by atoms with Crippen molar-refractivity contribution in [3.05, 3.63) is 35.9 Å². The van der Waals surface area contributed by atoms with E-state index in [1.807, 2.05) is 0 Å². The van der Waals surface area contributed by atoms with E-state index in [0.717, 1.165) is 4.90 Å². The third-order valence-corrected chi connectivity index (χ3v) is 2.55. The van der Waals surface area contributed by atoms with Crippen LogP contribution in [0.25, 0.3) is 0 Å². The number of rotatable bonds is 2. The number of nitrogens with one attached hydrogen (secondary N) is 1. The van der Waals surface area contributed by atoms with Gasteiger partial charge in [0.1, 0.15) is 12.6 Å². The molecular weight excluding hydrogens is 233 g/mol. The summed E-state index contributed by atoms with van der Waals surface area (Å²) in [6.07, 6.45) is -4.36. The van der Waals surface area contributed by atoms with Gasteiger partial charge in [0.25, 0.3) is 0 Å². The SMILES string of the molecule is O=C1C(c2ccccc2)NCN1CC(F)(F)F. The first-order valence-electron chi connectivity index (χ1n) is 5.11. The molecule has 1 saturated heterocycles. The number of halogens is 3. The van der Waals surface area contributed by atoms with Gasteiger partial charge in [-0.15, -0.1) is 0 Å². The molecule has 17 heavy (non-hydrogen) atoms. The molecule has 1 N–H and O–H groups in total. The standard InChI is InChI=1S/C11H11F3N2O/c12-11(13,14)6-16-7-15-9(10(16)17)8-4-2-1-3-5-8/h1-5,9,15H,6-7H2. The maximum absolute atomic E-state index is 12.2. The van der Waals surface area contributed by atoms with E-state index in [9.17, 15) is 18.0 Å². The second kappa shape index (κ2) is 4.37. The van der Waals surface area contributed by atoms with Gasteiger partial charge in [0, 0.05) is 0 Å². The van der Waals surface area contributed by atoms with Crippen molar-refractivity contribution in [2.75, 3.05) is 13.2 Å². The minimum absolute atomic E-state index is 0.0715. The molecule has 1 aromatic carbocycles. The minimum Gasteiger partial charge on any atom is -0.319 e. The molecule has 3 nitrogen and oxygen atoms in total. The Morgan fingerprint density at radius 2 is 1.94 bits per heavy atom. The zero-order valence-electron chi connectivity index (χ0n) is 8.87. The van der Waals surface area contributed by atoms with E-state index in [0.29, 0.717) is 5.56 Å². The molecule has 0 aliphatic carbocycles. The summed E-state index contributed by atoms with van der Waals surface area (Å²) in [5.41, 5.74) is 0.683. The van der Waals surface area contributed by atoms with Crippen LogP contribution in [-0.2, 0) is 4.79 Å². The monoisotopic (exact) mass is 244 g/mol. The van der Waals surface area contributed by atoms with Gasteiger partial charge in [-0.3, -0.25) is 10.1 Å². The van der Waals surface area contributed by atoms with E-state index in [1.54, 1.807) is 30.3 Å². The van der Waals surface area contributed by atoms with Gasteiger partial charge in [-0.05, 0) is 5.56 Å². The molecule has 0 radical (unpaired) electrons. The van der Waals surface area contributed by atoms with E-state index in [1.165, 1.54) is 0 Å². The molecule has 1 aromatic rings. The normalized spacial score (nSPS) is 21.0. The summed E-state index contributed by atoms with van der Waals surface area (Å²) in [6.45, 7) is -1.28. The zero-order valence-corrected chi connectivity index (χ0v) is 8.87. The molecule has 6 heteroatoms. The number of hydrogen-bond donors (Lipinski definition) is 1. The molecule has 2 rings (SSSR count). The molecule has 0 aromatic heterocycles. The van der Waals surface area contributed by atoms with E-state index in [2.05, 4.69) is 5.32 Å². The first kappa shape index (κ1) is 11.9. The van der Waals surface area contributed by atoms with Crippen LogP contribution >= 0.6 is 0 Å². The van der Waals surface area contributed by atoms with Crippen molar-refractivity contribution < 1.29 is 18.0 Å². The Labute approximate surface area is 96.2 Å². The number of hydrogen-bond acceptors (Lipinski definition) is 2. The number of benzene rings is 1. The largest absolute Gasteiger partial charge is 0.406 e. The van der Waals surface area contributed by atoms with Crippen LogP contribution in [-0.4, -0.2) is 30.2 Å². The summed E-state index contributed by atoms with van der Waals surface area (Å²) in [5, 5.41) is 2.77. The fourth-order valence-corrected chi connectivity index (χ4v) is 1.81. The number of amides is 1. The van der Waals surface area contributed by atoms with Crippen molar-refractivity contribution in [3.8, 4) is 0 Å². The van der Waals surface area contributed by atoms with Crippen LogP contribution < -0.4 is 5.32 Å². The molecule has 1 heterocycles. The first-order valence-corrected chi connectivity index (χ1v) is 5.11. The Hall–Kier alpha value is -1.56. The lowest BCUT2D eigenvalue weighted by molar-refractivity contribution is -0.157. The molecule has 0 saturated carbocycles. The Morgan fingerprint density at radius 1 is 1.29 bits per heavy atom. The van der Waals surface area contributed by atoms with Crippen LogP contribution in [0.5, 0.6) is 0 Å². The number of carbonyl (C=O) groups excluding carboxylic acids is 1. The second-order valence-corrected chi connectivity index (χ2v) is 3.86. The van der Waals surface area contributed by atoms with Crippen LogP contribution in [0, 0.1) is 0 Å². The number of nitrogens with zero attached hydrogens (tertiary/aromatic N) is 1. The Morgan fingerprint density at radius 3 is 2.53 bits per heavy atom. The molecule has 1 atom stereocenters. The topological polar surface area (TPSA) is 32.3 Å². The second-order valence-electron chi connectivity index (χ2n) is 3.86. The van der Waals surface area contributed by atoms with Crippen LogP contribution in [0.2, 0.25) is 0 Å². The molecule has 1 aliphatic heterocycles. The molecule has 1 unspecified atom stereocenters. The van der Waals surface area contributed by atoms with Gasteiger partial charge >= 0.3 is 6.18 Å². The van der Waals surface area contributed by atoms with Gasteiger partial charge in [0.2, 0.25) is 5.91 Å². The quantitative estimate of drug-likeness (QED) is 0.858. The highest BCUT2D eigenvalue weighted by Gasteiger charge is 2.39. The van der Waals surface area contributed by atoms with Gasteiger partial charge in [0.05, 0.1) is 6.67 Å². The lowest BCUT2D eigenvalue weighted by atomic mass is 10.1. The Bertz CT molecular complexity index is 405. The van der Waals surface area contributed by atoms with Gasteiger partial charge in [-0.1, -0.05) is 30.3 Å². The van der Waals surface area contributed by atoms with Crippen molar-refractivity contribution in [2.45, 2.75) is 12.2 Å². The molecule has 1 amide bonds. The molecule has 0 bridgehead atoms. The average Bonchev–Trinajstić information content (AvgIpc) is 2.60. The van der Waals surface area contributed by atoms with Crippen molar-refractivity contribution in [3.63, 3.8) is 0 Å². The van der Waals surface area contributed by atoms with Crippen molar-refractivity contribution >= 4 is 5.91 Å². The number of carbonyl (C=O) groups is 1. The summed E-state index contributed by atoms with van der Waals surface area (Å²) in [4.78, 5) is 12.5. The average molecular weight is 244 g/mol. The van der Waals surface area contributed by atoms with Gasteiger partial charge in [-0.25, -0.2) is 0 Å². The maximum atomic E-state index is 12.2. The van der Waals surface area contributed by atoms with E-state index < -0.39 is 24.7 Å². The van der Waals surface area contributed by atoms with E-state index in [-0.39, 0.29) is 6.67 Å². The minimum atomic E-state index is -4.36. The molecule has 0 spiro atoms. The Kier molecular flexibility index (Phi) is 3.06. The zero-order chi connectivity index (χ0) is 12.5. The van der Waals surface area contributed by atoms with Crippen molar-refractivity contribution in [1.29, 1.82) is 0 Å². The van der Waals surface area contributed by atoms with Gasteiger partial charge in [-0.2, -0.15) is 13.2 Å². The fraction of sp³-hybridized carbons (Fsp3) is 0.364. The smallest absolute Gasteiger partial charge is 0.319 e. The maximum Gasteiger partial charge on any atom is 0.406 e. The predicted molar refractivity (Wildman–Crippen MR) is 55.0 cm³/mol. The summed E-state index contributed by atoms with van der Waals surface area (Å²) in [6, 6.07) is 8.04. The lowest BCUT2D eigenvalue weighted by Gasteiger charge is -2.17. The molecule has 1 fully saturated rings. The van der Waals surface area contributed by atoms with Crippen molar-refractivity contribution in [1.82, 2.24) is 10.2 Å². The molecular formula is C11H11F3N2O. The van der Waals surface area contributed by atoms with E-state index >= 15 is 0 Å². The van der Waals surface area contributed by atoms with Crippen LogP contribution in [0.3, 0.4) is 0 Å². The van der Waals surface area contributed by atoms with Gasteiger partial charge < -0.3 is 4.90 Å². The van der Waals surface area contributed by atoms with Crippen molar-refractivity contribution in [2.24, 2.45) is 0 Å². The highest BCUT2D eigenvalue weighted by atomic mass is 19.4. The lowest BCUT2D eigenvalue weighted by Crippen LogP contribution is -2.36. The van der Waals surface area contributed by atoms with Crippen LogP contribution in [0.15, 0.2) is 30.3 Å². The van der Waals surface area contributed by atoms with Crippen LogP contribution in [0.1, 0.15) is 11.6 Å². The summed E-state index contributed by atoms with van der Waals surface area (Å²) < 4.78 is 36.6. The highest BCUT2D eigenvalue weighted by molar-refractivity contribution is 5.85. The predicted octanol–water partition coefficient (Wildman–Crippen LogP) is 1.68. The highest BCUT2D eigenvalue weighted by Crippen LogP contribution is 2.24. The molecule has 1 aliphatic rings. The third-order valence-electron chi connectivity index (χ3n) is 2.55. The third kappa shape index (κ3) is 2.76.